The first-order valence-corrected chi connectivity index (χ1v) is 13.0. The van der Waals surface area contributed by atoms with Crippen LogP contribution in [0.5, 0.6) is 0 Å². The number of phosphoric ester groups is 2. The minimum absolute atomic E-state index is 0.0434. The Morgan fingerprint density at radius 2 is 1.79 bits per heavy atom. The summed E-state index contributed by atoms with van der Waals surface area (Å²) >= 11 is 0. The monoisotopic (exact) mass is 532 g/mol. The summed E-state index contributed by atoms with van der Waals surface area (Å²) in [5.41, 5.74) is -0.0434. The SMILES string of the molecule is CC1(C)O[C@@H]2[C@H](O1)[C@@H](COP(=O)(O)O)O[C@H]2n1cc(C(=O)NCCOCCOP(=O)(O)O)nn1. The quantitative estimate of drug-likeness (QED) is 0.155. The largest absolute Gasteiger partial charge is 0.469 e. The normalized spacial score (nSPS) is 26.5. The van der Waals surface area contributed by atoms with Gasteiger partial charge in [0.2, 0.25) is 0 Å². The third-order valence-corrected chi connectivity index (χ3v) is 5.56. The summed E-state index contributed by atoms with van der Waals surface area (Å²) in [5.74, 6) is -1.56. The predicted molar refractivity (Wildman–Crippen MR) is 107 cm³/mol. The third kappa shape index (κ3) is 7.84. The Morgan fingerprint density at radius 3 is 2.47 bits per heavy atom. The summed E-state index contributed by atoms with van der Waals surface area (Å²) in [6.07, 6.45) is -1.88. The molecule has 0 saturated carbocycles. The van der Waals surface area contributed by atoms with Gasteiger partial charge in [-0.1, -0.05) is 5.21 Å². The Kier molecular flexibility index (Phi) is 8.61. The minimum atomic E-state index is -4.73. The van der Waals surface area contributed by atoms with E-state index in [-0.39, 0.29) is 32.1 Å². The minimum Gasteiger partial charge on any atom is -0.377 e. The van der Waals surface area contributed by atoms with Gasteiger partial charge in [0.05, 0.1) is 32.6 Å². The highest BCUT2D eigenvalue weighted by atomic mass is 31.2. The first kappa shape index (κ1) is 27.3. The van der Waals surface area contributed by atoms with E-state index in [0.717, 1.165) is 0 Å². The number of carbonyl (C=O) groups is 1. The molecule has 4 atom stereocenters. The molecule has 17 nitrogen and oxygen atoms in total. The maximum Gasteiger partial charge on any atom is 0.469 e. The van der Waals surface area contributed by atoms with E-state index < -0.39 is 58.5 Å². The van der Waals surface area contributed by atoms with Crippen LogP contribution in [0.25, 0.3) is 0 Å². The van der Waals surface area contributed by atoms with Crippen molar-refractivity contribution in [2.75, 3.05) is 33.0 Å². The molecule has 0 aliphatic carbocycles. The molecule has 2 aliphatic heterocycles. The van der Waals surface area contributed by atoms with Crippen molar-refractivity contribution >= 4 is 21.6 Å². The molecule has 19 heteroatoms. The van der Waals surface area contributed by atoms with Crippen molar-refractivity contribution < 1.29 is 61.5 Å². The lowest BCUT2D eigenvalue weighted by atomic mass is 10.1. The fraction of sp³-hybridized carbons (Fsp3) is 0.800. The molecule has 0 aromatic carbocycles. The summed E-state index contributed by atoms with van der Waals surface area (Å²) in [4.78, 5) is 47.3. The zero-order valence-electron chi connectivity index (χ0n) is 18.1. The van der Waals surface area contributed by atoms with Gasteiger partial charge in [-0.05, 0) is 13.8 Å². The maximum absolute atomic E-state index is 12.3. The van der Waals surface area contributed by atoms with E-state index in [2.05, 4.69) is 24.7 Å². The van der Waals surface area contributed by atoms with Gasteiger partial charge in [0, 0.05) is 6.54 Å². The van der Waals surface area contributed by atoms with Crippen molar-refractivity contribution in [2.45, 2.75) is 44.2 Å². The highest BCUT2D eigenvalue weighted by molar-refractivity contribution is 7.46. The fourth-order valence-electron chi connectivity index (χ4n) is 3.33. The van der Waals surface area contributed by atoms with E-state index in [9.17, 15) is 13.9 Å². The van der Waals surface area contributed by atoms with Crippen molar-refractivity contribution in [1.29, 1.82) is 0 Å². The lowest BCUT2D eigenvalue weighted by Gasteiger charge is -2.24. The number of fused-ring (bicyclic) bond motifs is 1. The summed E-state index contributed by atoms with van der Waals surface area (Å²) in [6, 6.07) is 0. The van der Waals surface area contributed by atoms with E-state index in [4.69, 9.17) is 38.5 Å². The van der Waals surface area contributed by atoms with E-state index >= 15 is 0 Å². The molecular formula is C15H26N4O13P2. The second kappa shape index (κ2) is 10.7. The average Bonchev–Trinajstić information content (AvgIpc) is 3.37. The Hall–Kier alpha value is -1.33. The van der Waals surface area contributed by atoms with Gasteiger partial charge >= 0.3 is 15.6 Å². The molecule has 3 rings (SSSR count). The molecule has 3 heterocycles. The number of phosphoric acid groups is 2. The average molecular weight is 532 g/mol. The first-order valence-electron chi connectivity index (χ1n) is 9.93. The predicted octanol–water partition coefficient (Wildman–Crippen LogP) is -1.34. The molecule has 5 N–H and O–H groups in total. The second-order valence-electron chi connectivity index (χ2n) is 7.69. The van der Waals surface area contributed by atoms with Crippen molar-refractivity contribution in [3.63, 3.8) is 0 Å². The molecular weight excluding hydrogens is 506 g/mol. The summed E-state index contributed by atoms with van der Waals surface area (Å²) < 4.78 is 54.1. The Labute approximate surface area is 193 Å². The van der Waals surface area contributed by atoms with Gasteiger partial charge in [-0.25, -0.2) is 13.8 Å². The summed E-state index contributed by atoms with van der Waals surface area (Å²) in [5, 5.41) is 10.2. The Morgan fingerprint density at radius 1 is 1.12 bits per heavy atom. The molecule has 0 unspecified atom stereocenters. The zero-order valence-corrected chi connectivity index (χ0v) is 19.9. The summed E-state index contributed by atoms with van der Waals surface area (Å²) in [6.45, 7) is 2.64. The van der Waals surface area contributed by atoms with Crippen LogP contribution in [0.1, 0.15) is 30.6 Å². The maximum atomic E-state index is 12.3. The third-order valence-electron chi connectivity index (χ3n) is 4.56. The van der Waals surface area contributed by atoms with E-state index in [1.165, 1.54) is 10.9 Å². The number of hydrogen-bond acceptors (Lipinski definition) is 11. The summed E-state index contributed by atoms with van der Waals surface area (Å²) in [7, 11) is -9.28. The fourth-order valence-corrected chi connectivity index (χ4v) is 3.98. The van der Waals surface area contributed by atoms with Gasteiger partial charge < -0.3 is 43.8 Å². The second-order valence-corrected chi connectivity index (χ2v) is 10.2. The molecule has 0 bridgehead atoms. The molecule has 194 valence electrons. The van der Waals surface area contributed by atoms with Gasteiger partial charge in [0.1, 0.15) is 18.3 Å². The van der Waals surface area contributed by atoms with Crippen LogP contribution in [-0.4, -0.2) is 97.5 Å². The van der Waals surface area contributed by atoms with Crippen LogP contribution in [0.15, 0.2) is 6.20 Å². The highest BCUT2D eigenvalue weighted by Crippen LogP contribution is 2.44. The molecule has 34 heavy (non-hydrogen) atoms. The topological polar surface area (TPSA) is 230 Å². The van der Waals surface area contributed by atoms with Crippen LogP contribution >= 0.6 is 15.6 Å². The molecule has 2 fully saturated rings. The van der Waals surface area contributed by atoms with Crippen molar-refractivity contribution in [3.05, 3.63) is 11.9 Å². The molecule has 0 radical (unpaired) electrons. The lowest BCUT2D eigenvalue weighted by Crippen LogP contribution is -2.32. The zero-order chi connectivity index (χ0) is 25.1. The molecule has 1 aromatic rings. The van der Waals surface area contributed by atoms with Crippen LogP contribution in [-0.2, 0) is 37.1 Å². The number of nitrogens with one attached hydrogen (secondary N) is 1. The van der Waals surface area contributed by atoms with Gasteiger partial charge in [0.15, 0.2) is 17.7 Å². The van der Waals surface area contributed by atoms with Crippen LogP contribution in [0.2, 0.25) is 0 Å². The number of aromatic nitrogens is 3. The van der Waals surface area contributed by atoms with Crippen LogP contribution in [0, 0.1) is 0 Å². The van der Waals surface area contributed by atoms with E-state index in [1.807, 2.05) is 0 Å². The van der Waals surface area contributed by atoms with Gasteiger partial charge in [-0.2, -0.15) is 0 Å². The van der Waals surface area contributed by atoms with Gasteiger partial charge in [-0.3, -0.25) is 13.8 Å². The molecule has 1 aromatic heterocycles. The number of amides is 1. The van der Waals surface area contributed by atoms with E-state index in [1.54, 1.807) is 13.8 Å². The number of ether oxygens (including phenoxy) is 4. The number of carbonyl (C=O) groups excluding carboxylic acids is 1. The van der Waals surface area contributed by atoms with Gasteiger partial charge in [-0.15, -0.1) is 5.10 Å². The number of nitrogens with zero attached hydrogens (tertiary/aromatic N) is 3. The smallest absolute Gasteiger partial charge is 0.377 e. The van der Waals surface area contributed by atoms with Gasteiger partial charge in [0.25, 0.3) is 5.91 Å². The van der Waals surface area contributed by atoms with E-state index in [0.29, 0.717) is 0 Å². The molecule has 2 saturated heterocycles. The standard InChI is InChI=1S/C15H26N4O13P2/c1-15(2)31-11-10(8-29-34(24,25)26)30-14(12(11)32-15)19-7-9(17-18-19)13(20)16-3-4-27-5-6-28-33(21,22)23/h7,10-12,14H,3-6,8H2,1-2H3,(H,16,20)(H2,21,22,23)(H2,24,25,26)/t10-,11-,12-,14-/m1/s1. The highest BCUT2D eigenvalue weighted by Gasteiger charge is 2.56. The lowest BCUT2D eigenvalue weighted by molar-refractivity contribution is -0.201. The van der Waals surface area contributed by atoms with Crippen molar-refractivity contribution in [2.24, 2.45) is 0 Å². The molecule has 0 spiro atoms. The Balaban J connectivity index is 1.52. The number of hydrogen-bond donors (Lipinski definition) is 5. The van der Waals surface area contributed by atoms with Crippen molar-refractivity contribution in [1.82, 2.24) is 20.3 Å². The van der Waals surface area contributed by atoms with Crippen LogP contribution in [0.4, 0.5) is 0 Å². The molecule has 2 aliphatic rings. The Bertz CT molecular complexity index is 946. The number of rotatable bonds is 12. The van der Waals surface area contributed by atoms with Crippen LogP contribution in [0.3, 0.4) is 0 Å². The first-order chi connectivity index (χ1) is 15.7. The van der Waals surface area contributed by atoms with Crippen LogP contribution < -0.4 is 5.32 Å². The molecule has 1 amide bonds. The van der Waals surface area contributed by atoms with Crippen molar-refractivity contribution in [3.8, 4) is 0 Å².